The van der Waals surface area contributed by atoms with Gasteiger partial charge in [0, 0.05) is 0 Å². The molecule has 0 bridgehead atoms. The minimum Gasteiger partial charge on any atom is -0.427 e. The number of hydrogen-bond donors (Lipinski definition) is 2. The van der Waals surface area contributed by atoms with E-state index >= 15 is 0 Å². The molecule has 0 spiro atoms. The van der Waals surface area contributed by atoms with Crippen LogP contribution in [0.2, 0.25) is 12.6 Å². The fourth-order valence-electron chi connectivity index (χ4n) is 1.90. The molecule has 0 aromatic carbocycles. The molecular weight excluding hydrogens is 218 g/mol. The molecule has 0 aromatic heterocycles. The maximum Gasteiger partial charge on any atom is 0.457 e. The molecule has 1 rings (SSSR count). The van der Waals surface area contributed by atoms with Crippen LogP contribution in [0.3, 0.4) is 0 Å². The normalized spacial score (nSPS) is 21.9. The summed E-state index contributed by atoms with van der Waals surface area (Å²) in [5.74, 6) is 0. The summed E-state index contributed by atoms with van der Waals surface area (Å²) >= 11 is 0. The summed E-state index contributed by atoms with van der Waals surface area (Å²) in [5.41, 5.74) is -0.502. The Morgan fingerprint density at radius 3 is 1.94 bits per heavy atom. The lowest BCUT2D eigenvalue weighted by molar-refractivity contribution is 0.00578. The molecule has 0 unspecified atom stereocenters. The smallest absolute Gasteiger partial charge is 0.427 e. The molecule has 1 aliphatic rings. The summed E-state index contributed by atoms with van der Waals surface area (Å²) in [7, 11) is -1.30. The van der Waals surface area contributed by atoms with Crippen LogP contribution in [-0.4, -0.2) is 35.5 Å². The minimum absolute atomic E-state index is 0.126. The number of unbranched alkanes of at least 4 members (excludes halogenated alkanes) is 2. The third kappa shape index (κ3) is 4.28. The van der Waals surface area contributed by atoms with E-state index in [1.165, 1.54) is 0 Å². The predicted octanol–water partition coefficient (Wildman–Crippen LogP) is 1.72. The zero-order valence-electron chi connectivity index (χ0n) is 11.4. The van der Waals surface area contributed by atoms with Crippen LogP contribution in [0.4, 0.5) is 0 Å². The van der Waals surface area contributed by atoms with Gasteiger partial charge in [0.2, 0.25) is 0 Å². The Labute approximate surface area is 105 Å². The third-order valence-electron chi connectivity index (χ3n) is 3.70. The van der Waals surface area contributed by atoms with E-state index < -0.39 is 7.12 Å². The van der Waals surface area contributed by atoms with E-state index in [9.17, 15) is 0 Å². The molecule has 4 nitrogen and oxygen atoms in total. The SMILES string of the molecule is CC1(C)OB(CCCCCB(O)O)OC1(C)C. The molecule has 1 saturated heterocycles. The Kier molecular flexibility index (Phi) is 5.07. The average Bonchev–Trinajstić information content (AvgIpc) is 2.34. The highest BCUT2D eigenvalue weighted by atomic mass is 16.7. The van der Waals surface area contributed by atoms with Gasteiger partial charge in [0.15, 0.2) is 0 Å². The summed E-state index contributed by atoms with van der Waals surface area (Å²) in [6.07, 6.45) is 4.11. The Morgan fingerprint density at radius 1 is 0.941 bits per heavy atom. The summed E-state index contributed by atoms with van der Waals surface area (Å²) < 4.78 is 11.7. The van der Waals surface area contributed by atoms with E-state index in [0.29, 0.717) is 6.32 Å². The van der Waals surface area contributed by atoms with Crippen molar-refractivity contribution in [3.63, 3.8) is 0 Å². The zero-order chi connectivity index (χ0) is 13.1. The Morgan fingerprint density at radius 2 is 1.47 bits per heavy atom. The second-order valence-electron chi connectivity index (χ2n) is 5.80. The van der Waals surface area contributed by atoms with Crippen LogP contribution in [-0.2, 0) is 9.31 Å². The maximum atomic E-state index is 8.71. The van der Waals surface area contributed by atoms with Crippen molar-refractivity contribution in [2.75, 3.05) is 0 Å². The first-order chi connectivity index (χ1) is 7.74. The van der Waals surface area contributed by atoms with Gasteiger partial charge in [-0.1, -0.05) is 19.3 Å². The maximum absolute atomic E-state index is 8.71. The molecule has 98 valence electrons. The molecule has 17 heavy (non-hydrogen) atoms. The highest BCUT2D eigenvalue weighted by Gasteiger charge is 2.50. The second kappa shape index (κ2) is 5.74. The van der Waals surface area contributed by atoms with E-state index in [-0.39, 0.29) is 18.3 Å². The van der Waals surface area contributed by atoms with Gasteiger partial charge in [-0.3, -0.25) is 0 Å². The van der Waals surface area contributed by atoms with Crippen LogP contribution in [0, 0.1) is 0 Å². The van der Waals surface area contributed by atoms with Gasteiger partial charge < -0.3 is 19.4 Å². The van der Waals surface area contributed by atoms with E-state index in [1.807, 2.05) is 0 Å². The van der Waals surface area contributed by atoms with Crippen molar-refractivity contribution >= 4 is 14.2 Å². The lowest BCUT2D eigenvalue weighted by Gasteiger charge is -2.32. The molecule has 0 atom stereocenters. The largest absolute Gasteiger partial charge is 0.457 e. The van der Waals surface area contributed by atoms with Gasteiger partial charge in [-0.05, 0) is 40.3 Å². The zero-order valence-corrected chi connectivity index (χ0v) is 11.4. The third-order valence-corrected chi connectivity index (χ3v) is 3.70. The molecule has 1 aliphatic heterocycles. The predicted molar refractivity (Wildman–Crippen MR) is 69.7 cm³/mol. The topological polar surface area (TPSA) is 58.9 Å². The van der Waals surface area contributed by atoms with E-state index in [0.717, 1.165) is 25.6 Å². The highest BCUT2D eigenvalue weighted by Crippen LogP contribution is 2.38. The summed E-state index contributed by atoms with van der Waals surface area (Å²) in [5, 5.41) is 17.4. The van der Waals surface area contributed by atoms with Gasteiger partial charge in [-0.15, -0.1) is 0 Å². The molecule has 2 N–H and O–H groups in total. The summed E-state index contributed by atoms with van der Waals surface area (Å²) in [6, 6.07) is 0. The quantitative estimate of drug-likeness (QED) is 0.549. The van der Waals surface area contributed by atoms with Gasteiger partial charge >= 0.3 is 14.2 Å². The van der Waals surface area contributed by atoms with Crippen LogP contribution in [0.5, 0.6) is 0 Å². The summed E-state index contributed by atoms with van der Waals surface area (Å²) in [4.78, 5) is 0. The number of rotatable bonds is 6. The highest BCUT2D eigenvalue weighted by molar-refractivity contribution is 6.45. The first kappa shape index (κ1) is 15.0. The lowest BCUT2D eigenvalue weighted by Crippen LogP contribution is -2.41. The van der Waals surface area contributed by atoms with Crippen LogP contribution in [0.25, 0.3) is 0 Å². The molecule has 0 saturated carbocycles. The first-order valence-corrected chi connectivity index (χ1v) is 6.46. The lowest BCUT2D eigenvalue weighted by atomic mass is 9.79. The summed E-state index contributed by atoms with van der Waals surface area (Å²) in [6.45, 7) is 8.20. The second-order valence-corrected chi connectivity index (χ2v) is 5.80. The van der Waals surface area contributed by atoms with Gasteiger partial charge in [0.25, 0.3) is 0 Å². The molecule has 0 aliphatic carbocycles. The fraction of sp³-hybridized carbons (Fsp3) is 1.00. The van der Waals surface area contributed by atoms with Crippen molar-refractivity contribution in [3.8, 4) is 0 Å². The Hall–Kier alpha value is -0.0301. The molecule has 0 amide bonds. The molecule has 1 heterocycles. The van der Waals surface area contributed by atoms with Crippen molar-refractivity contribution in [2.45, 2.75) is 70.8 Å². The van der Waals surface area contributed by atoms with Gasteiger partial charge in [0.05, 0.1) is 11.2 Å². The van der Waals surface area contributed by atoms with E-state index in [1.54, 1.807) is 0 Å². The van der Waals surface area contributed by atoms with Crippen LogP contribution in [0.15, 0.2) is 0 Å². The Balaban J connectivity index is 2.18. The van der Waals surface area contributed by atoms with Crippen molar-refractivity contribution in [2.24, 2.45) is 0 Å². The van der Waals surface area contributed by atoms with Gasteiger partial charge in [-0.2, -0.15) is 0 Å². The van der Waals surface area contributed by atoms with Crippen molar-refractivity contribution in [1.82, 2.24) is 0 Å². The van der Waals surface area contributed by atoms with Crippen molar-refractivity contribution < 1.29 is 19.4 Å². The minimum atomic E-state index is -1.17. The molecule has 1 fully saturated rings. The molecule has 0 aromatic rings. The molecule has 0 radical (unpaired) electrons. The van der Waals surface area contributed by atoms with Crippen molar-refractivity contribution in [3.05, 3.63) is 0 Å². The molecular formula is C11H24B2O4. The monoisotopic (exact) mass is 242 g/mol. The standard InChI is InChI=1S/C11H24B2O4/c1-10(2)11(3,4)17-13(16-10)9-7-5-6-8-12(14)15/h14-15H,5-9H2,1-4H3. The van der Waals surface area contributed by atoms with Crippen LogP contribution < -0.4 is 0 Å². The van der Waals surface area contributed by atoms with Crippen LogP contribution >= 0.6 is 0 Å². The van der Waals surface area contributed by atoms with Crippen LogP contribution in [0.1, 0.15) is 47.0 Å². The number of hydrogen-bond acceptors (Lipinski definition) is 4. The van der Waals surface area contributed by atoms with E-state index in [2.05, 4.69) is 27.7 Å². The molecule has 6 heteroatoms. The Bertz CT molecular complexity index is 228. The van der Waals surface area contributed by atoms with Crippen molar-refractivity contribution in [1.29, 1.82) is 0 Å². The first-order valence-electron chi connectivity index (χ1n) is 6.46. The van der Waals surface area contributed by atoms with E-state index in [4.69, 9.17) is 19.4 Å². The fourth-order valence-corrected chi connectivity index (χ4v) is 1.90. The van der Waals surface area contributed by atoms with Gasteiger partial charge in [0.1, 0.15) is 0 Å². The average molecular weight is 242 g/mol. The van der Waals surface area contributed by atoms with Gasteiger partial charge in [-0.25, -0.2) is 0 Å².